The lowest BCUT2D eigenvalue weighted by molar-refractivity contribution is 0.0187. The van der Waals surface area contributed by atoms with Gasteiger partial charge in [-0.3, -0.25) is 9.89 Å². The van der Waals surface area contributed by atoms with Crippen molar-refractivity contribution in [3.8, 4) is 0 Å². The SMILES string of the molecule is Cc1ccc(C(CN=C(N)Nc2ccccn2)N2CCOCC2)s1.I. The highest BCUT2D eigenvalue weighted by Gasteiger charge is 2.23. The Morgan fingerprint density at radius 3 is 2.80 bits per heavy atom. The van der Waals surface area contributed by atoms with E-state index in [4.69, 9.17) is 10.5 Å². The van der Waals surface area contributed by atoms with E-state index in [-0.39, 0.29) is 30.0 Å². The van der Waals surface area contributed by atoms with Crippen LogP contribution in [0.1, 0.15) is 15.8 Å². The summed E-state index contributed by atoms with van der Waals surface area (Å²) in [6.07, 6.45) is 1.72. The molecular weight excluding hydrogens is 449 g/mol. The van der Waals surface area contributed by atoms with Crippen molar-refractivity contribution in [2.24, 2.45) is 10.7 Å². The van der Waals surface area contributed by atoms with E-state index in [1.54, 1.807) is 6.20 Å². The molecule has 0 aromatic carbocycles. The molecule has 1 fully saturated rings. The van der Waals surface area contributed by atoms with Gasteiger partial charge in [-0.05, 0) is 31.2 Å². The molecule has 1 aliphatic rings. The monoisotopic (exact) mass is 473 g/mol. The van der Waals surface area contributed by atoms with E-state index >= 15 is 0 Å². The maximum atomic E-state index is 6.03. The molecule has 1 saturated heterocycles. The zero-order valence-electron chi connectivity index (χ0n) is 14.2. The van der Waals surface area contributed by atoms with E-state index in [1.807, 2.05) is 29.5 Å². The van der Waals surface area contributed by atoms with Gasteiger partial charge in [0.05, 0.1) is 25.8 Å². The van der Waals surface area contributed by atoms with Crippen LogP contribution >= 0.6 is 35.3 Å². The highest BCUT2D eigenvalue weighted by molar-refractivity contribution is 14.0. The van der Waals surface area contributed by atoms with Crippen LogP contribution in [0.3, 0.4) is 0 Å². The van der Waals surface area contributed by atoms with Crippen molar-refractivity contribution in [1.29, 1.82) is 0 Å². The van der Waals surface area contributed by atoms with Crippen molar-refractivity contribution in [3.05, 3.63) is 46.3 Å². The Bertz CT molecular complexity index is 673. The number of aliphatic imine (C=N–C) groups is 1. The smallest absolute Gasteiger partial charge is 0.194 e. The highest BCUT2D eigenvalue weighted by Crippen LogP contribution is 2.28. The maximum absolute atomic E-state index is 6.03. The molecule has 3 heterocycles. The predicted octanol–water partition coefficient (Wildman–Crippen LogP) is 2.87. The van der Waals surface area contributed by atoms with E-state index in [0.717, 1.165) is 26.3 Å². The molecule has 3 N–H and O–H groups in total. The van der Waals surface area contributed by atoms with E-state index in [2.05, 4.69) is 39.2 Å². The molecule has 0 aliphatic carbocycles. The molecule has 8 heteroatoms. The van der Waals surface area contributed by atoms with Crippen LogP contribution in [0.2, 0.25) is 0 Å². The van der Waals surface area contributed by atoms with Crippen molar-refractivity contribution in [3.63, 3.8) is 0 Å². The average molecular weight is 473 g/mol. The Balaban J connectivity index is 0.00000225. The summed E-state index contributed by atoms with van der Waals surface area (Å²) in [5.41, 5.74) is 6.03. The molecule has 0 radical (unpaired) electrons. The largest absolute Gasteiger partial charge is 0.379 e. The minimum atomic E-state index is 0. The number of anilines is 1. The van der Waals surface area contributed by atoms with Gasteiger partial charge >= 0.3 is 0 Å². The Kier molecular flexibility index (Phi) is 8.07. The lowest BCUT2D eigenvalue weighted by Gasteiger charge is -2.33. The first-order valence-corrected chi connectivity index (χ1v) is 8.90. The molecule has 3 rings (SSSR count). The van der Waals surface area contributed by atoms with Crippen molar-refractivity contribution >= 4 is 47.1 Å². The lowest BCUT2D eigenvalue weighted by Crippen LogP contribution is -2.40. The van der Waals surface area contributed by atoms with Gasteiger partial charge in [-0.2, -0.15) is 0 Å². The minimum Gasteiger partial charge on any atom is -0.379 e. The molecule has 2 aromatic rings. The third kappa shape index (κ3) is 5.91. The van der Waals surface area contributed by atoms with Crippen LogP contribution in [0, 0.1) is 6.92 Å². The Morgan fingerprint density at radius 2 is 2.16 bits per heavy atom. The third-order valence-corrected chi connectivity index (χ3v) is 5.03. The normalized spacial score (nSPS) is 16.9. The van der Waals surface area contributed by atoms with Crippen LogP contribution in [0.4, 0.5) is 5.82 Å². The number of rotatable bonds is 5. The number of nitrogens with one attached hydrogen (secondary N) is 1. The first-order chi connectivity index (χ1) is 11.7. The average Bonchev–Trinajstić information content (AvgIpc) is 3.03. The van der Waals surface area contributed by atoms with Crippen molar-refractivity contribution < 1.29 is 4.74 Å². The van der Waals surface area contributed by atoms with Gasteiger partial charge in [0.1, 0.15) is 5.82 Å². The number of hydrogen-bond donors (Lipinski definition) is 2. The van der Waals surface area contributed by atoms with Gasteiger partial charge < -0.3 is 15.8 Å². The second-order valence-corrected chi connectivity index (χ2v) is 7.00. The van der Waals surface area contributed by atoms with Crippen molar-refractivity contribution in [2.45, 2.75) is 13.0 Å². The van der Waals surface area contributed by atoms with Crippen LogP contribution in [0.15, 0.2) is 41.5 Å². The van der Waals surface area contributed by atoms with Gasteiger partial charge in [0.2, 0.25) is 0 Å². The molecule has 1 atom stereocenters. The molecule has 2 aromatic heterocycles. The number of morpholine rings is 1. The van der Waals surface area contributed by atoms with Crippen molar-refractivity contribution in [1.82, 2.24) is 9.88 Å². The molecule has 136 valence electrons. The fourth-order valence-corrected chi connectivity index (χ4v) is 3.70. The Labute approximate surface area is 169 Å². The summed E-state index contributed by atoms with van der Waals surface area (Å²) < 4.78 is 5.48. The topological polar surface area (TPSA) is 75.8 Å². The van der Waals surface area contributed by atoms with Gasteiger partial charge in [-0.15, -0.1) is 35.3 Å². The fraction of sp³-hybridized carbons (Fsp3) is 0.412. The van der Waals surface area contributed by atoms with Gasteiger partial charge in [0.15, 0.2) is 5.96 Å². The van der Waals surface area contributed by atoms with Crippen LogP contribution in [0.5, 0.6) is 0 Å². The second kappa shape index (κ2) is 10.0. The van der Waals surface area contributed by atoms with E-state index in [0.29, 0.717) is 18.3 Å². The first kappa shape index (κ1) is 20.1. The van der Waals surface area contributed by atoms with E-state index in [1.165, 1.54) is 9.75 Å². The number of ether oxygens (including phenoxy) is 1. The fourth-order valence-electron chi connectivity index (χ4n) is 2.70. The zero-order chi connectivity index (χ0) is 16.8. The van der Waals surface area contributed by atoms with Crippen molar-refractivity contribution in [2.75, 3.05) is 38.2 Å². The number of pyridine rings is 1. The predicted molar refractivity (Wildman–Crippen MR) is 114 cm³/mol. The second-order valence-electron chi connectivity index (χ2n) is 5.68. The van der Waals surface area contributed by atoms with Gasteiger partial charge in [-0.25, -0.2) is 4.98 Å². The number of aryl methyl sites for hydroxylation is 1. The maximum Gasteiger partial charge on any atom is 0.194 e. The Morgan fingerprint density at radius 1 is 1.36 bits per heavy atom. The molecule has 0 saturated carbocycles. The number of nitrogens with two attached hydrogens (primary N) is 1. The standard InChI is InChI=1S/C17H23N5OS.HI/c1-13-5-6-15(24-13)14(22-8-10-23-11-9-22)12-20-17(18)21-16-4-2-3-7-19-16;/h2-7,14H,8-12H2,1H3,(H3,18,19,20,21);1H. The number of thiophene rings is 1. The number of aromatic nitrogens is 1. The summed E-state index contributed by atoms with van der Waals surface area (Å²) in [4.78, 5) is 13.8. The molecule has 6 nitrogen and oxygen atoms in total. The summed E-state index contributed by atoms with van der Waals surface area (Å²) in [6, 6.07) is 10.2. The molecule has 0 spiro atoms. The summed E-state index contributed by atoms with van der Waals surface area (Å²) in [6.45, 7) is 6.13. The van der Waals surface area contributed by atoms with E-state index < -0.39 is 0 Å². The summed E-state index contributed by atoms with van der Waals surface area (Å²) in [5, 5.41) is 3.03. The Hall–Kier alpha value is -1.23. The molecule has 1 unspecified atom stereocenters. The number of halogens is 1. The number of guanidine groups is 1. The van der Waals surface area contributed by atoms with Crippen LogP contribution in [0.25, 0.3) is 0 Å². The summed E-state index contributed by atoms with van der Waals surface area (Å²) >= 11 is 1.82. The summed E-state index contributed by atoms with van der Waals surface area (Å²) in [7, 11) is 0. The quantitative estimate of drug-likeness (QED) is 0.397. The summed E-state index contributed by atoms with van der Waals surface area (Å²) in [5.74, 6) is 1.09. The van der Waals surface area contributed by atoms with E-state index in [9.17, 15) is 0 Å². The highest BCUT2D eigenvalue weighted by atomic mass is 127. The number of hydrogen-bond acceptors (Lipinski definition) is 5. The third-order valence-electron chi connectivity index (χ3n) is 3.93. The molecule has 0 amide bonds. The van der Waals surface area contributed by atoms with Gasteiger partial charge in [0, 0.05) is 29.0 Å². The molecule has 0 bridgehead atoms. The van der Waals surface area contributed by atoms with Crippen LogP contribution < -0.4 is 11.1 Å². The van der Waals surface area contributed by atoms with Gasteiger partial charge in [-0.1, -0.05) is 6.07 Å². The molecule has 25 heavy (non-hydrogen) atoms. The lowest BCUT2D eigenvalue weighted by atomic mass is 10.2. The van der Waals surface area contributed by atoms with Gasteiger partial charge in [0.25, 0.3) is 0 Å². The number of nitrogens with zero attached hydrogens (tertiary/aromatic N) is 3. The molecular formula is C17H24IN5OS. The van der Waals surface area contributed by atoms with Crippen LogP contribution in [-0.2, 0) is 4.74 Å². The molecule has 1 aliphatic heterocycles. The minimum absolute atomic E-state index is 0. The first-order valence-electron chi connectivity index (χ1n) is 8.08. The zero-order valence-corrected chi connectivity index (χ0v) is 17.4. The van der Waals surface area contributed by atoms with Crippen LogP contribution in [-0.4, -0.2) is 48.7 Å².